The van der Waals surface area contributed by atoms with Gasteiger partial charge in [0.05, 0.1) is 50.3 Å². The first-order valence-corrected chi connectivity index (χ1v) is 17.3. The number of carboxylic acid groups (broad SMARTS) is 1. The van der Waals surface area contributed by atoms with Crippen molar-refractivity contribution in [3.63, 3.8) is 0 Å². The molecule has 0 amide bonds. The van der Waals surface area contributed by atoms with Crippen LogP contribution in [0.25, 0.3) is 0 Å². The molecule has 0 radical (unpaired) electrons. The van der Waals surface area contributed by atoms with E-state index in [0.717, 1.165) is 5.57 Å². The third-order valence-electron chi connectivity index (χ3n) is 14.2. The van der Waals surface area contributed by atoms with Crippen LogP contribution in [0, 0.1) is 51.2 Å². The number of rotatable bonds is 6. The predicted octanol–water partition coefficient (Wildman–Crippen LogP) is -1.89. The van der Waals surface area contributed by atoms with E-state index in [1.807, 2.05) is 13.0 Å². The zero-order valence-corrected chi connectivity index (χ0v) is 27.7. The molecule has 6 rings (SSSR count). The quantitative estimate of drug-likeness (QED) is 0.108. The fraction of sp³-hybridized carbons (Fsp3) is 0.912. The van der Waals surface area contributed by atoms with Gasteiger partial charge in [-0.3, -0.25) is 4.79 Å². The Labute approximate surface area is 279 Å². The van der Waals surface area contributed by atoms with E-state index in [2.05, 4.69) is 0 Å². The molecule has 4 saturated carbocycles. The molecule has 48 heavy (non-hydrogen) atoms. The topological polar surface area (TPSA) is 258 Å². The van der Waals surface area contributed by atoms with Gasteiger partial charge in [-0.2, -0.15) is 0 Å². The molecule has 14 nitrogen and oxygen atoms in total. The number of hydrogen-bond acceptors (Lipinski definition) is 13. The van der Waals surface area contributed by atoms with Gasteiger partial charge in [0.15, 0.2) is 6.29 Å². The Balaban J connectivity index is 1.33. The number of allylic oxidation sites excluding steroid dienone is 2. The Hall–Kier alpha value is -1.27. The van der Waals surface area contributed by atoms with Gasteiger partial charge in [-0.15, -0.1) is 0 Å². The van der Waals surface area contributed by atoms with Crippen LogP contribution < -0.4 is 0 Å². The van der Waals surface area contributed by atoms with E-state index in [9.17, 15) is 61.0 Å². The van der Waals surface area contributed by atoms with Gasteiger partial charge in [-0.25, -0.2) is 0 Å². The number of carbonyl (C=O) groups is 1. The lowest BCUT2D eigenvalue weighted by Crippen LogP contribution is -2.71. The van der Waals surface area contributed by atoms with Crippen molar-refractivity contribution in [3.8, 4) is 0 Å². The van der Waals surface area contributed by atoms with Crippen molar-refractivity contribution in [2.45, 2.75) is 121 Å². The molecule has 11 N–H and O–H groups in total. The van der Waals surface area contributed by atoms with Crippen LogP contribution in [0.2, 0.25) is 0 Å². The van der Waals surface area contributed by atoms with Crippen molar-refractivity contribution in [2.75, 3.05) is 19.8 Å². The predicted molar refractivity (Wildman–Crippen MR) is 164 cm³/mol. The van der Waals surface area contributed by atoms with Crippen molar-refractivity contribution in [2.24, 2.45) is 51.2 Å². The molecule has 17 atom stereocenters. The fourth-order valence-electron chi connectivity index (χ4n) is 11.6. The van der Waals surface area contributed by atoms with Gasteiger partial charge in [0.2, 0.25) is 0 Å². The van der Waals surface area contributed by atoms with E-state index in [1.54, 1.807) is 13.8 Å². The Kier molecular flexibility index (Phi) is 9.47. The maximum atomic E-state index is 13.0. The van der Waals surface area contributed by atoms with Crippen LogP contribution in [0.15, 0.2) is 11.6 Å². The Morgan fingerprint density at radius 1 is 0.875 bits per heavy atom. The molecule has 7 unspecified atom stereocenters. The van der Waals surface area contributed by atoms with Gasteiger partial charge in [0.25, 0.3) is 0 Å². The number of aliphatic hydroxyl groups is 10. The summed E-state index contributed by atoms with van der Waals surface area (Å²) in [6, 6.07) is 0. The highest BCUT2D eigenvalue weighted by Gasteiger charge is 2.72. The molecule has 1 heterocycles. The van der Waals surface area contributed by atoms with Gasteiger partial charge < -0.3 is 65.6 Å². The normalized spacial score (nSPS) is 52.6. The molecule has 1 aliphatic heterocycles. The lowest BCUT2D eigenvalue weighted by Gasteiger charge is -2.66. The van der Waals surface area contributed by atoms with Crippen molar-refractivity contribution < 1.29 is 70.4 Å². The van der Waals surface area contributed by atoms with Crippen LogP contribution in [-0.4, -0.2) is 143 Å². The van der Waals surface area contributed by atoms with Crippen molar-refractivity contribution in [1.82, 2.24) is 0 Å². The Morgan fingerprint density at radius 3 is 2.12 bits per heavy atom. The van der Waals surface area contributed by atoms with E-state index in [-0.39, 0.29) is 42.9 Å². The minimum atomic E-state index is -1.97. The van der Waals surface area contributed by atoms with Crippen LogP contribution in [0.5, 0.6) is 0 Å². The molecule has 5 aliphatic carbocycles. The number of aliphatic carboxylic acids is 1. The largest absolute Gasteiger partial charge is 0.481 e. The summed E-state index contributed by atoms with van der Waals surface area (Å²) in [6.07, 6.45) is -10.7. The van der Waals surface area contributed by atoms with Crippen molar-refractivity contribution >= 4 is 5.97 Å². The lowest BCUT2D eigenvalue weighted by atomic mass is 9.39. The molecule has 1 saturated heterocycles. The van der Waals surface area contributed by atoms with Gasteiger partial charge in [-0.1, -0.05) is 32.4 Å². The standard InChI is InChI=1S/C34H54O14/c1-31(2)9-19-18-5-4-14-15-8-20(38)28(48-29-25(42)24(41)23(40)21(11-35)47-29)33(12-36,13-37)17(15)7-6-16(14)32(18,3)10-22(39)34(19,30(45)46)27(44)26(31)43/h5,14-17,19-29,35-44H,4,6-13H2,1-3H3,(H,45,46)/t14?,15?,16?,17?,19?,20-,21?,22+,23+,24+,25?,26-,27-,28-,29-,32-,34+/m0/s1. The minimum Gasteiger partial charge on any atom is -0.481 e. The zero-order chi connectivity index (χ0) is 35.3. The zero-order valence-electron chi connectivity index (χ0n) is 27.7. The summed E-state index contributed by atoms with van der Waals surface area (Å²) in [5.41, 5.74) is -3.98. The second-order valence-corrected chi connectivity index (χ2v) is 16.6. The molecule has 6 aliphatic rings. The summed E-state index contributed by atoms with van der Waals surface area (Å²) in [5.74, 6) is -2.78. The van der Waals surface area contributed by atoms with E-state index in [0.29, 0.717) is 19.3 Å². The monoisotopic (exact) mass is 686 g/mol. The Morgan fingerprint density at radius 2 is 1.52 bits per heavy atom. The highest BCUT2D eigenvalue weighted by molar-refractivity contribution is 5.79. The molecular weight excluding hydrogens is 632 g/mol. The highest BCUT2D eigenvalue weighted by Crippen LogP contribution is 2.69. The summed E-state index contributed by atoms with van der Waals surface area (Å²) in [6.45, 7) is 3.79. The SMILES string of the molecule is CC1(C)CC2C3=CCC4C5C[C@H](O)[C@H](O[C@@H]6OC(CO)[C@@H](O)[C@@H](O)C6O)C(CO)(CO)C5CCC4[C@]3(C)C[C@@H](O)[C@@]2(C(=O)O)[C@@H](O)[C@@H]1O. The number of carboxylic acids is 1. The van der Waals surface area contributed by atoms with E-state index >= 15 is 0 Å². The number of fused-ring (bicyclic) bond motifs is 7. The fourth-order valence-corrected chi connectivity index (χ4v) is 11.6. The highest BCUT2D eigenvalue weighted by atomic mass is 16.7. The molecule has 274 valence electrons. The minimum absolute atomic E-state index is 0.0565. The average molecular weight is 687 g/mol. The summed E-state index contributed by atoms with van der Waals surface area (Å²) in [5, 5.41) is 119. The molecule has 0 aromatic rings. The number of aliphatic hydroxyl groups excluding tert-OH is 10. The third kappa shape index (κ3) is 4.86. The smallest absolute Gasteiger partial charge is 0.315 e. The maximum Gasteiger partial charge on any atom is 0.315 e. The maximum absolute atomic E-state index is 13.0. The molecule has 0 aromatic carbocycles. The van der Waals surface area contributed by atoms with Crippen LogP contribution in [-0.2, 0) is 14.3 Å². The molecule has 14 heteroatoms. The van der Waals surface area contributed by atoms with Crippen LogP contribution in [0.3, 0.4) is 0 Å². The van der Waals surface area contributed by atoms with Gasteiger partial charge in [0, 0.05) is 11.3 Å². The van der Waals surface area contributed by atoms with Crippen molar-refractivity contribution in [3.05, 3.63) is 11.6 Å². The number of hydrogen-bond donors (Lipinski definition) is 11. The average Bonchev–Trinajstić information content (AvgIpc) is 3.03. The second kappa shape index (κ2) is 12.4. The van der Waals surface area contributed by atoms with Gasteiger partial charge >= 0.3 is 5.97 Å². The molecule has 0 bridgehead atoms. The summed E-state index contributed by atoms with van der Waals surface area (Å²) in [4.78, 5) is 13.0. The molecule has 0 aromatic heterocycles. The third-order valence-corrected chi connectivity index (χ3v) is 14.2. The molecule has 0 spiro atoms. The first kappa shape index (κ1) is 36.5. The second-order valence-electron chi connectivity index (χ2n) is 16.6. The molecule has 5 fully saturated rings. The van der Waals surface area contributed by atoms with Gasteiger partial charge in [-0.05, 0) is 73.0 Å². The van der Waals surface area contributed by atoms with E-state index in [1.165, 1.54) is 0 Å². The summed E-state index contributed by atoms with van der Waals surface area (Å²) >= 11 is 0. The lowest BCUT2D eigenvalue weighted by molar-refractivity contribution is -0.342. The first-order chi connectivity index (χ1) is 22.5. The Bertz CT molecular complexity index is 1250. The first-order valence-electron chi connectivity index (χ1n) is 17.3. The van der Waals surface area contributed by atoms with Crippen LogP contribution in [0.4, 0.5) is 0 Å². The van der Waals surface area contributed by atoms with Gasteiger partial charge in [0.1, 0.15) is 29.8 Å². The number of ether oxygens (including phenoxy) is 2. The van der Waals surface area contributed by atoms with E-state index < -0.39 is 115 Å². The summed E-state index contributed by atoms with van der Waals surface area (Å²) < 4.78 is 11.6. The van der Waals surface area contributed by atoms with E-state index in [4.69, 9.17) is 9.47 Å². The van der Waals surface area contributed by atoms with Crippen molar-refractivity contribution in [1.29, 1.82) is 0 Å². The van der Waals surface area contributed by atoms with Crippen LogP contribution >= 0.6 is 0 Å². The molecular formula is C34H54O14. The summed E-state index contributed by atoms with van der Waals surface area (Å²) in [7, 11) is 0. The van der Waals surface area contributed by atoms with Crippen LogP contribution in [0.1, 0.15) is 59.3 Å².